The van der Waals surface area contributed by atoms with Gasteiger partial charge < -0.3 is 35.0 Å². The average molecular weight is 503 g/mol. The molecule has 2 bridgehead atoms. The molecule has 3 saturated heterocycles. The van der Waals surface area contributed by atoms with Gasteiger partial charge in [0.2, 0.25) is 0 Å². The first-order valence-corrected chi connectivity index (χ1v) is 12.1. The first-order valence-electron chi connectivity index (χ1n) is 12.1. The monoisotopic (exact) mass is 502 g/mol. The van der Waals surface area contributed by atoms with Crippen LogP contribution < -0.4 is 4.74 Å². The zero-order valence-corrected chi connectivity index (χ0v) is 20.2. The van der Waals surface area contributed by atoms with Crippen molar-refractivity contribution in [3.63, 3.8) is 0 Å². The molecule has 1 aromatic heterocycles. The minimum Gasteiger partial charge on any atom is -0.497 e. The fraction of sp³-hybridized carbons (Fsp3) is 0.538. The van der Waals surface area contributed by atoms with Crippen molar-refractivity contribution in [2.75, 3.05) is 26.8 Å². The molecule has 36 heavy (non-hydrogen) atoms. The molecule has 5 N–H and O–H groups in total. The van der Waals surface area contributed by atoms with E-state index in [-0.39, 0.29) is 6.04 Å². The largest absolute Gasteiger partial charge is 0.497 e. The molecule has 3 aliphatic rings. The van der Waals surface area contributed by atoms with Crippen molar-refractivity contribution in [1.29, 1.82) is 0 Å². The number of ether oxygens (including phenoxy) is 2. The smallest absolute Gasteiger partial charge is 0.338 e. The Morgan fingerprint density at radius 2 is 2.03 bits per heavy atom. The molecule has 10 heteroatoms. The second-order valence-corrected chi connectivity index (χ2v) is 9.56. The summed E-state index contributed by atoms with van der Waals surface area (Å²) in [5, 5.41) is 50.1. The van der Waals surface area contributed by atoms with Gasteiger partial charge in [0.1, 0.15) is 30.2 Å². The lowest BCUT2D eigenvalue weighted by Crippen LogP contribution is -2.56. The Kier molecular flexibility index (Phi) is 8.23. The number of benzene rings is 1. The molecular weight excluding hydrogens is 468 g/mol. The number of aliphatic hydroxyl groups excluding tert-OH is 5. The van der Waals surface area contributed by atoms with Crippen LogP contribution in [-0.2, 0) is 9.53 Å². The quantitative estimate of drug-likeness (QED) is 0.224. The Labute approximate surface area is 209 Å². The molecule has 2 aromatic rings. The molecule has 4 heterocycles. The van der Waals surface area contributed by atoms with Gasteiger partial charge in [0, 0.05) is 23.7 Å². The van der Waals surface area contributed by atoms with Crippen molar-refractivity contribution in [2.45, 2.75) is 49.4 Å². The van der Waals surface area contributed by atoms with E-state index < -0.39 is 43.1 Å². The summed E-state index contributed by atoms with van der Waals surface area (Å²) in [6.45, 7) is 4.71. The summed E-state index contributed by atoms with van der Waals surface area (Å²) in [5.41, 5.74) is 1.36. The van der Waals surface area contributed by atoms with Gasteiger partial charge in [-0.05, 0) is 55.5 Å². The third-order valence-corrected chi connectivity index (χ3v) is 7.53. The number of nitrogens with zero attached hydrogens (tertiary/aromatic N) is 2. The first-order chi connectivity index (χ1) is 17.3. The van der Waals surface area contributed by atoms with Crippen LogP contribution in [0.3, 0.4) is 0 Å². The van der Waals surface area contributed by atoms with Crippen molar-refractivity contribution in [3.05, 3.63) is 48.7 Å². The van der Waals surface area contributed by atoms with Crippen LogP contribution in [0.4, 0.5) is 0 Å². The van der Waals surface area contributed by atoms with E-state index in [0.717, 1.165) is 31.3 Å². The summed E-state index contributed by atoms with van der Waals surface area (Å²) < 4.78 is 11.3. The second kappa shape index (κ2) is 11.2. The van der Waals surface area contributed by atoms with Gasteiger partial charge in [-0.25, -0.2) is 4.79 Å². The third kappa shape index (κ3) is 5.10. The van der Waals surface area contributed by atoms with Crippen molar-refractivity contribution in [1.82, 2.24) is 9.88 Å². The molecule has 196 valence electrons. The fourth-order valence-corrected chi connectivity index (χ4v) is 5.42. The Balaban J connectivity index is 1.69. The predicted octanol–water partition coefficient (Wildman–Crippen LogP) is 0.160. The highest BCUT2D eigenvalue weighted by molar-refractivity contribution is 5.84. The van der Waals surface area contributed by atoms with E-state index in [1.54, 1.807) is 25.4 Å². The molecule has 0 saturated carbocycles. The van der Waals surface area contributed by atoms with Crippen molar-refractivity contribution in [2.24, 2.45) is 11.8 Å². The molecule has 0 aliphatic carbocycles. The van der Waals surface area contributed by atoms with E-state index >= 15 is 0 Å². The number of carbonyl (C=O) groups is 1. The number of rotatable bonds is 10. The lowest BCUT2D eigenvalue weighted by Gasteiger charge is -2.51. The molecule has 3 aliphatic heterocycles. The van der Waals surface area contributed by atoms with Gasteiger partial charge in [0.25, 0.3) is 0 Å². The number of hydrogen-bond donors (Lipinski definition) is 5. The van der Waals surface area contributed by atoms with E-state index in [4.69, 9.17) is 14.6 Å². The number of aliphatic hydroxyl groups is 5. The summed E-state index contributed by atoms with van der Waals surface area (Å²) in [6.07, 6.45) is -3.33. The maximum absolute atomic E-state index is 13.0. The minimum atomic E-state index is -2.14. The molecule has 3 fully saturated rings. The molecule has 1 unspecified atom stereocenters. The van der Waals surface area contributed by atoms with Gasteiger partial charge in [0.05, 0.1) is 25.3 Å². The SMILES string of the molecule is C=C[C@H]1CN2CC[C@H]1C[C@@H]2[C@@H](OC(=O)[C@H](O)[C@@H](O)[C@H](O)[C@H](O)CO)c1ccnc2ccc(OC)cc12. The topological polar surface area (TPSA) is 153 Å². The summed E-state index contributed by atoms with van der Waals surface area (Å²) in [4.78, 5) is 19.7. The lowest BCUT2D eigenvalue weighted by atomic mass is 9.73. The zero-order chi connectivity index (χ0) is 26.0. The summed E-state index contributed by atoms with van der Waals surface area (Å²) >= 11 is 0. The van der Waals surface area contributed by atoms with E-state index in [0.29, 0.717) is 28.7 Å². The molecule has 0 amide bonds. The van der Waals surface area contributed by atoms with Gasteiger partial charge in [-0.3, -0.25) is 9.88 Å². The fourth-order valence-electron chi connectivity index (χ4n) is 5.42. The van der Waals surface area contributed by atoms with Crippen LogP contribution in [0.15, 0.2) is 43.1 Å². The zero-order valence-electron chi connectivity index (χ0n) is 20.2. The van der Waals surface area contributed by atoms with E-state index in [9.17, 15) is 25.2 Å². The number of piperidine rings is 3. The van der Waals surface area contributed by atoms with E-state index in [1.807, 2.05) is 18.2 Å². The van der Waals surface area contributed by atoms with Crippen LogP contribution in [0.5, 0.6) is 5.75 Å². The number of pyridine rings is 1. The molecule has 10 nitrogen and oxygen atoms in total. The molecular formula is C26H34N2O8. The van der Waals surface area contributed by atoms with E-state index in [1.165, 1.54) is 0 Å². The number of methoxy groups -OCH3 is 1. The lowest BCUT2D eigenvalue weighted by molar-refractivity contribution is -0.181. The predicted molar refractivity (Wildman–Crippen MR) is 130 cm³/mol. The summed E-state index contributed by atoms with van der Waals surface area (Å²) in [7, 11) is 1.56. The minimum absolute atomic E-state index is 0.196. The Bertz CT molecular complexity index is 1080. The van der Waals surface area contributed by atoms with Gasteiger partial charge in [-0.1, -0.05) is 6.08 Å². The van der Waals surface area contributed by atoms with E-state index in [2.05, 4.69) is 16.5 Å². The summed E-state index contributed by atoms with van der Waals surface area (Å²) in [5.74, 6) is 0.171. The van der Waals surface area contributed by atoms with Crippen LogP contribution in [0.1, 0.15) is 24.5 Å². The van der Waals surface area contributed by atoms with Gasteiger partial charge in [-0.15, -0.1) is 6.58 Å². The highest BCUT2D eigenvalue weighted by atomic mass is 16.6. The Morgan fingerprint density at radius 1 is 1.25 bits per heavy atom. The molecule has 9 atom stereocenters. The van der Waals surface area contributed by atoms with Crippen LogP contribution in [-0.4, -0.2) is 98.6 Å². The van der Waals surface area contributed by atoms with Gasteiger partial charge >= 0.3 is 5.97 Å². The van der Waals surface area contributed by atoms with Gasteiger partial charge in [-0.2, -0.15) is 0 Å². The summed E-state index contributed by atoms with van der Waals surface area (Å²) in [6, 6.07) is 6.98. The first kappa shape index (κ1) is 26.5. The molecule has 0 radical (unpaired) electrons. The maximum atomic E-state index is 13.0. The maximum Gasteiger partial charge on any atom is 0.338 e. The number of aromatic nitrogens is 1. The van der Waals surface area contributed by atoms with Crippen molar-refractivity contribution < 1.29 is 39.8 Å². The number of carbonyl (C=O) groups excluding carboxylic acids is 1. The Morgan fingerprint density at radius 3 is 2.67 bits per heavy atom. The highest BCUT2D eigenvalue weighted by Crippen LogP contribution is 2.43. The molecule has 0 spiro atoms. The number of hydrogen-bond acceptors (Lipinski definition) is 10. The molecule has 1 aromatic carbocycles. The molecule has 5 rings (SSSR count). The Hall–Kier alpha value is -2.60. The normalized spacial score (nSPS) is 27.6. The van der Waals surface area contributed by atoms with Crippen LogP contribution in [0.2, 0.25) is 0 Å². The van der Waals surface area contributed by atoms with Crippen molar-refractivity contribution >= 4 is 16.9 Å². The van der Waals surface area contributed by atoms with Crippen LogP contribution in [0, 0.1) is 11.8 Å². The second-order valence-electron chi connectivity index (χ2n) is 9.56. The van der Waals surface area contributed by atoms with Crippen LogP contribution in [0.25, 0.3) is 10.9 Å². The standard InChI is InChI=1S/C26H34N2O8/c1-3-14-12-28-9-7-15(14)10-20(28)25(36-26(34)24(33)23(32)22(31)21(30)13-29)17-6-8-27-19-5-4-16(35-2)11-18(17)19/h3-6,8,11,14-15,20-25,29-33H,1,7,9-10,12-13H2,2H3/t14-,15-,20+,21+,22+,23-,24+,25-/m0/s1. The third-order valence-electron chi connectivity index (χ3n) is 7.53. The van der Waals surface area contributed by atoms with Crippen LogP contribution >= 0.6 is 0 Å². The number of fused-ring (bicyclic) bond motifs is 4. The van der Waals surface area contributed by atoms with Crippen molar-refractivity contribution in [3.8, 4) is 5.75 Å². The number of esters is 1. The van der Waals surface area contributed by atoms with Gasteiger partial charge in [0.15, 0.2) is 6.10 Å². The highest BCUT2D eigenvalue weighted by Gasteiger charge is 2.45. The average Bonchev–Trinajstić information content (AvgIpc) is 2.93.